The van der Waals surface area contributed by atoms with Gasteiger partial charge in [0, 0.05) is 24.0 Å². The van der Waals surface area contributed by atoms with Crippen molar-refractivity contribution in [2.45, 2.75) is 130 Å². The maximum absolute atomic E-state index is 10.8. The first-order chi connectivity index (χ1) is 30.0. The monoisotopic (exact) mass is 900 g/mol. The first kappa shape index (κ1) is 55.0. The van der Waals surface area contributed by atoms with E-state index in [-0.39, 0.29) is 27.6 Å². The van der Waals surface area contributed by atoms with Crippen molar-refractivity contribution in [3.8, 4) is 46.7 Å². The number of rotatable bonds is 19. The second kappa shape index (κ2) is 32.7. The first-order valence-corrected chi connectivity index (χ1v) is 21.7. The van der Waals surface area contributed by atoms with Crippen LogP contribution in [0, 0.1) is 23.7 Å². The zero-order valence-corrected chi connectivity index (χ0v) is 38.0. The topological polar surface area (TPSA) is 186 Å². The summed E-state index contributed by atoms with van der Waals surface area (Å²) in [4.78, 5) is 31.3. The number of phenolic OH excluding ortho intramolecular Hbond substituents is 2. The maximum Gasteiger partial charge on any atom is 2.00 e. The van der Waals surface area contributed by atoms with Gasteiger partial charge in [0.1, 0.15) is 11.4 Å². The molecule has 0 aliphatic carbocycles. The summed E-state index contributed by atoms with van der Waals surface area (Å²) in [6, 6.07) is 25.4. The van der Waals surface area contributed by atoms with E-state index in [9.17, 15) is 40.2 Å². The van der Waals surface area contributed by atoms with Gasteiger partial charge in [-0.1, -0.05) is 139 Å². The van der Waals surface area contributed by atoms with Crippen molar-refractivity contribution in [2.24, 2.45) is 9.98 Å². The van der Waals surface area contributed by atoms with Gasteiger partial charge in [0.25, 0.3) is 0 Å². The largest absolute Gasteiger partial charge is 2.00 e. The van der Waals surface area contributed by atoms with Crippen molar-refractivity contribution in [3.05, 3.63) is 107 Å². The van der Waals surface area contributed by atoms with E-state index in [0.717, 1.165) is 75.6 Å². The fraction of sp³-hybridized carbons (Fsp3) is 0.385. The van der Waals surface area contributed by atoms with E-state index < -0.39 is 34.9 Å². The molecule has 0 saturated heterocycles. The van der Waals surface area contributed by atoms with Crippen LogP contribution in [0.4, 0.5) is 11.4 Å². The van der Waals surface area contributed by atoms with Crippen LogP contribution < -0.4 is 10.2 Å². The van der Waals surface area contributed by atoms with E-state index in [1.54, 1.807) is 0 Å². The summed E-state index contributed by atoms with van der Waals surface area (Å²) in [5.41, 5.74) is 3.42. The number of carbonyl (C=O) groups excluding carboxylic acids is 2. The third kappa shape index (κ3) is 21.1. The molecule has 338 valence electrons. The standard InChI is InChI=1S/C28H32N2.2C12H16O4.Ni/c1-3-5-7-8-9-10-18-24-28(30-26-21-16-12-17-22-26)27(23-13-6-4-2)29-25-19-14-11-15-20-25;2*1-2-3-4-5-8-6-7-9(13)11(14)10(8)12(15)16;/h11-12,14-17,19-22H,3-10H2,1-2H3;2*6-7,13-14H,2-5H2,1H3,(H,15,16);/q;;;+2/p-2. The van der Waals surface area contributed by atoms with Crippen LogP contribution in [0.3, 0.4) is 0 Å². The van der Waals surface area contributed by atoms with Crippen LogP contribution in [0.1, 0.15) is 149 Å². The summed E-state index contributed by atoms with van der Waals surface area (Å²) < 4.78 is 0. The molecule has 0 heterocycles. The number of para-hydroxylation sites is 2. The summed E-state index contributed by atoms with van der Waals surface area (Å²) in [5, 5.41) is 59.0. The Balaban J connectivity index is 0.000000510. The number of benzene rings is 4. The van der Waals surface area contributed by atoms with Gasteiger partial charge in [-0.3, -0.25) is 0 Å². The molecule has 4 aromatic carbocycles. The molecule has 0 fully saturated rings. The molecule has 63 heavy (non-hydrogen) atoms. The second-order valence-electron chi connectivity index (χ2n) is 14.5. The van der Waals surface area contributed by atoms with Crippen LogP contribution in [-0.2, 0) is 29.3 Å². The number of aryl methyl sites for hydroxylation is 2. The van der Waals surface area contributed by atoms with Crippen LogP contribution in [0.25, 0.3) is 0 Å². The van der Waals surface area contributed by atoms with Crippen molar-refractivity contribution in [3.63, 3.8) is 0 Å². The number of unbranched alkanes of at least 4 members (excludes halogenated alkanes) is 10. The summed E-state index contributed by atoms with van der Waals surface area (Å²) in [7, 11) is 0. The van der Waals surface area contributed by atoms with E-state index >= 15 is 0 Å². The molecule has 10 nitrogen and oxygen atoms in total. The molecule has 0 atom stereocenters. The molecule has 0 radical (unpaired) electrons. The molecule has 4 rings (SSSR count). The van der Waals surface area contributed by atoms with Gasteiger partial charge in [-0.15, -0.1) is 0 Å². The Morgan fingerprint density at radius 1 is 0.492 bits per heavy atom. The minimum absolute atomic E-state index is 0. The SMILES string of the molecule is CCCC#CC(=Nc1ccccc1)C(C#CCCCCCCC)=Nc1ccccc1.CCCCCc1ccc(O)c(O)c1C(=O)[O-].CCCCCc1ccc(O)c(O)c1C(=O)[O-].[Ni+2]. The number of carboxylic acid groups (broad SMARTS) is 2. The molecule has 0 amide bonds. The van der Waals surface area contributed by atoms with Crippen LogP contribution in [0.2, 0.25) is 0 Å². The number of nitrogens with zero attached hydrogens (tertiary/aromatic N) is 2. The average Bonchev–Trinajstić information content (AvgIpc) is 3.26. The molecule has 4 aromatic rings. The molecule has 11 heteroatoms. The van der Waals surface area contributed by atoms with Crippen molar-refractivity contribution in [1.29, 1.82) is 0 Å². The minimum Gasteiger partial charge on any atom is -0.545 e. The smallest absolute Gasteiger partial charge is 0.545 e. The fourth-order valence-corrected chi connectivity index (χ4v) is 6.02. The predicted molar refractivity (Wildman–Crippen MR) is 246 cm³/mol. The third-order valence-electron chi connectivity index (χ3n) is 9.41. The quantitative estimate of drug-likeness (QED) is 0.0235. The van der Waals surface area contributed by atoms with Crippen molar-refractivity contribution in [1.82, 2.24) is 0 Å². The van der Waals surface area contributed by atoms with Gasteiger partial charge in [0.05, 0.1) is 23.3 Å². The van der Waals surface area contributed by atoms with Crippen LogP contribution in [0.15, 0.2) is 94.9 Å². The number of hydrogen-bond donors (Lipinski definition) is 4. The van der Waals surface area contributed by atoms with Crippen molar-refractivity contribution in [2.75, 3.05) is 0 Å². The zero-order chi connectivity index (χ0) is 45.5. The van der Waals surface area contributed by atoms with Crippen LogP contribution in [-0.4, -0.2) is 43.8 Å². The Morgan fingerprint density at radius 3 is 1.25 bits per heavy atom. The van der Waals surface area contributed by atoms with E-state index in [2.05, 4.69) is 37.5 Å². The molecule has 0 aliphatic heterocycles. The third-order valence-corrected chi connectivity index (χ3v) is 9.41. The number of aromatic carboxylic acids is 2. The number of hydrogen-bond acceptors (Lipinski definition) is 10. The van der Waals surface area contributed by atoms with E-state index in [0.29, 0.717) is 35.4 Å². The van der Waals surface area contributed by atoms with Crippen LogP contribution >= 0.6 is 0 Å². The molecule has 4 N–H and O–H groups in total. The molecule has 0 unspecified atom stereocenters. The zero-order valence-electron chi connectivity index (χ0n) is 37.0. The van der Waals surface area contributed by atoms with Crippen molar-refractivity contribution >= 4 is 34.7 Å². The Morgan fingerprint density at radius 2 is 0.873 bits per heavy atom. The predicted octanol–water partition coefficient (Wildman–Crippen LogP) is 10.1. The van der Waals surface area contributed by atoms with E-state index in [4.69, 9.17) is 9.98 Å². The Kier molecular flexibility index (Phi) is 28.5. The van der Waals surface area contributed by atoms with Gasteiger partial charge in [0.2, 0.25) is 0 Å². The number of aromatic hydroxyl groups is 4. The molecular formula is C52H62N2NiO8. The maximum atomic E-state index is 10.8. The van der Waals surface area contributed by atoms with Gasteiger partial charge < -0.3 is 40.2 Å². The first-order valence-electron chi connectivity index (χ1n) is 21.7. The van der Waals surface area contributed by atoms with Gasteiger partial charge in [-0.25, -0.2) is 9.98 Å². The molecule has 0 bridgehead atoms. The fourth-order valence-electron chi connectivity index (χ4n) is 6.02. The van der Waals surface area contributed by atoms with Gasteiger partial charge in [-0.05, 0) is 97.9 Å². The summed E-state index contributed by atoms with van der Waals surface area (Å²) in [6.45, 7) is 8.46. The van der Waals surface area contributed by atoms with E-state index in [1.165, 1.54) is 49.9 Å². The Hall–Kier alpha value is -6.03. The molecule has 0 saturated carbocycles. The molecule has 0 spiro atoms. The minimum atomic E-state index is -1.46. The Bertz CT molecular complexity index is 2090. The normalized spacial score (nSPS) is 10.6. The summed E-state index contributed by atoms with van der Waals surface area (Å²) >= 11 is 0. The van der Waals surface area contributed by atoms with Gasteiger partial charge >= 0.3 is 16.5 Å². The number of carboxylic acids is 2. The number of phenols is 4. The summed E-state index contributed by atoms with van der Waals surface area (Å²) in [6.07, 6.45) is 15.8. The molecule has 0 aromatic heterocycles. The number of carbonyl (C=O) groups is 2. The van der Waals surface area contributed by atoms with Gasteiger partial charge in [0.15, 0.2) is 23.0 Å². The average molecular weight is 902 g/mol. The Labute approximate surface area is 384 Å². The number of aliphatic imine (C=N–C) groups is 2. The van der Waals surface area contributed by atoms with Gasteiger partial charge in [-0.2, -0.15) is 0 Å². The summed E-state index contributed by atoms with van der Waals surface area (Å²) in [5.74, 6) is 8.04. The van der Waals surface area contributed by atoms with Crippen molar-refractivity contribution < 1.29 is 56.7 Å². The van der Waals surface area contributed by atoms with E-state index in [1.807, 2.05) is 74.5 Å². The molecule has 0 aliphatic rings. The van der Waals surface area contributed by atoms with Crippen LogP contribution in [0.5, 0.6) is 23.0 Å². The molecular weight excluding hydrogens is 839 g/mol. The second-order valence-corrected chi connectivity index (χ2v) is 14.5.